The van der Waals surface area contributed by atoms with Gasteiger partial charge in [-0.3, -0.25) is 9.69 Å². The molecule has 0 saturated carbocycles. The molecule has 0 radical (unpaired) electrons. The SMILES string of the molecule is COC(=O)C1=CCSC2C(N)C(=O)N12. The van der Waals surface area contributed by atoms with Crippen LogP contribution in [0.5, 0.6) is 0 Å². The standard InChI is InChI=1S/C8H10N2O3S/c1-13-8(12)4-2-3-14-7-5(9)6(11)10(4)7/h2,5,7H,3,9H2,1H3. The summed E-state index contributed by atoms with van der Waals surface area (Å²) in [6.45, 7) is 0. The number of hydrogen-bond donors (Lipinski definition) is 1. The molecule has 0 aromatic heterocycles. The fourth-order valence-electron chi connectivity index (χ4n) is 1.53. The number of carbonyl (C=O) groups is 2. The first kappa shape index (κ1) is 9.54. The van der Waals surface area contributed by atoms with E-state index in [1.54, 1.807) is 17.8 Å². The third kappa shape index (κ3) is 1.14. The van der Waals surface area contributed by atoms with Crippen molar-refractivity contribution in [2.75, 3.05) is 12.9 Å². The minimum atomic E-state index is -0.478. The van der Waals surface area contributed by atoms with E-state index < -0.39 is 12.0 Å². The fourth-order valence-corrected chi connectivity index (χ4v) is 2.67. The number of rotatable bonds is 1. The van der Waals surface area contributed by atoms with Crippen LogP contribution in [0.15, 0.2) is 11.8 Å². The Morgan fingerprint density at radius 1 is 1.79 bits per heavy atom. The predicted molar refractivity (Wildman–Crippen MR) is 51.2 cm³/mol. The number of β-lactam (4-membered cyclic amide) rings is 1. The van der Waals surface area contributed by atoms with Crippen molar-refractivity contribution in [3.8, 4) is 0 Å². The number of methoxy groups -OCH3 is 1. The molecule has 1 fully saturated rings. The Morgan fingerprint density at radius 3 is 3.14 bits per heavy atom. The second-order valence-corrected chi connectivity index (χ2v) is 4.19. The Bertz CT molecular complexity index is 329. The molecule has 2 aliphatic heterocycles. The van der Waals surface area contributed by atoms with E-state index in [1.165, 1.54) is 12.0 Å². The van der Waals surface area contributed by atoms with Gasteiger partial charge in [0.1, 0.15) is 17.1 Å². The summed E-state index contributed by atoms with van der Waals surface area (Å²) >= 11 is 1.55. The Morgan fingerprint density at radius 2 is 2.50 bits per heavy atom. The quantitative estimate of drug-likeness (QED) is 0.461. The van der Waals surface area contributed by atoms with E-state index in [9.17, 15) is 9.59 Å². The molecule has 2 heterocycles. The van der Waals surface area contributed by atoms with E-state index in [1.807, 2.05) is 0 Å². The predicted octanol–water partition coefficient (Wildman–Crippen LogP) is -0.714. The van der Waals surface area contributed by atoms with Crippen molar-refractivity contribution in [3.05, 3.63) is 11.8 Å². The van der Waals surface area contributed by atoms with E-state index in [4.69, 9.17) is 5.73 Å². The molecule has 14 heavy (non-hydrogen) atoms. The topological polar surface area (TPSA) is 72.6 Å². The van der Waals surface area contributed by atoms with Crippen LogP contribution in [-0.2, 0) is 14.3 Å². The maximum absolute atomic E-state index is 11.4. The summed E-state index contributed by atoms with van der Waals surface area (Å²) in [4.78, 5) is 24.0. The number of ether oxygens (including phenoxy) is 1. The molecule has 0 aromatic rings. The van der Waals surface area contributed by atoms with Crippen molar-refractivity contribution in [3.63, 3.8) is 0 Å². The average Bonchev–Trinajstić information content (AvgIpc) is 2.25. The Labute approximate surface area is 85.3 Å². The van der Waals surface area contributed by atoms with Crippen molar-refractivity contribution in [2.45, 2.75) is 11.4 Å². The Kier molecular flexibility index (Phi) is 2.24. The first-order chi connectivity index (χ1) is 6.66. The number of esters is 1. The van der Waals surface area contributed by atoms with Crippen LogP contribution in [0, 0.1) is 0 Å². The average molecular weight is 214 g/mol. The van der Waals surface area contributed by atoms with E-state index >= 15 is 0 Å². The van der Waals surface area contributed by atoms with Crippen LogP contribution in [0.4, 0.5) is 0 Å². The Hall–Kier alpha value is -1.01. The van der Waals surface area contributed by atoms with E-state index in [2.05, 4.69) is 4.74 Å². The maximum Gasteiger partial charge on any atom is 0.354 e. The zero-order valence-corrected chi connectivity index (χ0v) is 8.41. The molecule has 1 amide bonds. The molecule has 0 bridgehead atoms. The Balaban J connectivity index is 2.23. The van der Waals surface area contributed by atoms with Gasteiger partial charge in [-0.25, -0.2) is 4.79 Å². The number of hydrogen-bond acceptors (Lipinski definition) is 5. The number of amides is 1. The van der Waals surface area contributed by atoms with Gasteiger partial charge in [-0.2, -0.15) is 0 Å². The van der Waals surface area contributed by atoms with Crippen molar-refractivity contribution in [1.29, 1.82) is 0 Å². The number of carbonyl (C=O) groups excluding carboxylic acids is 2. The lowest BCUT2D eigenvalue weighted by Crippen LogP contribution is -2.68. The molecule has 76 valence electrons. The molecule has 6 heteroatoms. The zero-order chi connectivity index (χ0) is 10.3. The molecular formula is C8H10N2O3S. The third-order valence-electron chi connectivity index (χ3n) is 2.28. The highest BCUT2D eigenvalue weighted by Gasteiger charge is 2.50. The molecule has 2 N–H and O–H groups in total. The van der Waals surface area contributed by atoms with Crippen molar-refractivity contribution >= 4 is 23.6 Å². The van der Waals surface area contributed by atoms with Crippen LogP contribution >= 0.6 is 11.8 Å². The highest BCUT2D eigenvalue weighted by atomic mass is 32.2. The van der Waals surface area contributed by atoms with Crippen molar-refractivity contribution < 1.29 is 14.3 Å². The van der Waals surface area contributed by atoms with Gasteiger partial charge in [0, 0.05) is 5.75 Å². The summed E-state index contributed by atoms with van der Waals surface area (Å²) in [6.07, 6.45) is 1.69. The molecule has 5 nitrogen and oxygen atoms in total. The van der Waals surface area contributed by atoms with Crippen LogP contribution in [0.2, 0.25) is 0 Å². The zero-order valence-electron chi connectivity index (χ0n) is 7.60. The third-order valence-corrected chi connectivity index (χ3v) is 3.49. The van der Waals surface area contributed by atoms with Crippen LogP contribution in [0.25, 0.3) is 0 Å². The second-order valence-electron chi connectivity index (χ2n) is 3.04. The van der Waals surface area contributed by atoms with Gasteiger partial charge in [0.05, 0.1) is 7.11 Å². The summed E-state index contributed by atoms with van der Waals surface area (Å²) in [6, 6.07) is -0.478. The van der Waals surface area contributed by atoms with Crippen LogP contribution < -0.4 is 5.73 Å². The van der Waals surface area contributed by atoms with Crippen LogP contribution in [0.1, 0.15) is 0 Å². The molecule has 2 unspecified atom stereocenters. The molecule has 1 saturated heterocycles. The van der Waals surface area contributed by atoms with Crippen molar-refractivity contribution in [2.24, 2.45) is 5.73 Å². The van der Waals surface area contributed by atoms with Gasteiger partial charge in [-0.1, -0.05) is 0 Å². The normalized spacial score (nSPS) is 30.3. The largest absolute Gasteiger partial charge is 0.464 e. The molecule has 0 aliphatic carbocycles. The molecule has 0 spiro atoms. The van der Waals surface area contributed by atoms with Gasteiger partial charge in [-0.15, -0.1) is 11.8 Å². The van der Waals surface area contributed by atoms with Gasteiger partial charge in [0.25, 0.3) is 0 Å². The van der Waals surface area contributed by atoms with Gasteiger partial charge < -0.3 is 10.5 Å². The lowest BCUT2D eigenvalue weighted by molar-refractivity contribution is -0.149. The lowest BCUT2D eigenvalue weighted by Gasteiger charge is -2.46. The summed E-state index contributed by atoms with van der Waals surface area (Å²) in [5, 5.41) is -0.0957. The number of thioether (sulfide) groups is 1. The lowest BCUT2D eigenvalue weighted by atomic mass is 10.1. The maximum atomic E-state index is 11.4. The fraction of sp³-hybridized carbons (Fsp3) is 0.500. The second kappa shape index (κ2) is 3.29. The highest BCUT2D eigenvalue weighted by molar-refractivity contribution is 8.00. The van der Waals surface area contributed by atoms with Crippen LogP contribution in [-0.4, -0.2) is 41.1 Å². The number of fused-ring (bicyclic) bond motifs is 1. The first-order valence-corrected chi connectivity index (χ1v) is 5.20. The monoisotopic (exact) mass is 214 g/mol. The summed E-state index contributed by atoms with van der Waals surface area (Å²) in [7, 11) is 1.30. The highest BCUT2D eigenvalue weighted by Crippen LogP contribution is 2.36. The minimum Gasteiger partial charge on any atom is -0.464 e. The molecular weight excluding hydrogens is 204 g/mol. The summed E-state index contributed by atoms with van der Waals surface area (Å²) in [5.41, 5.74) is 5.91. The minimum absolute atomic E-state index is 0.0957. The first-order valence-electron chi connectivity index (χ1n) is 4.15. The molecule has 2 atom stereocenters. The smallest absolute Gasteiger partial charge is 0.354 e. The van der Waals surface area contributed by atoms with E-state index in [-0.39, 0.29) is 11.3 Å². The van der Waals surface area contributed by atoms with Gasteiger partial charge in [-0.05, 0) is 6.08 Å². The van der Waals surface area contributed by atoms with E-state index in [0.29, 0.717) is 11.4 Å². The van der Waals surface area contributed by atoms with Crippen LogP contribution in [0.3, 0.4) is 0 Å². The van der Waals surface area contributed by atoms with Gasteiger partial charge >= 0.3 is 5.97 Å². The number of nitrogens with two attached hydrogens (primary N) is 1. The van der Waals surface area contributed by atoms with Gasteiger partial charge in [0.2, 0.25) is 5.91 Å². The summed E-state index contributed by atoms with van der Waals surface area (Å²) in [5.74, 6) is 0.00134. The van der Waals surface area contributed by atoms with Crippen molar-refractivity contribution in [1.82, 2.24) is 4.90 Å². The molecule has 0 aromatic carbocycles. The molecule has 2 aliphatic rings. The van der Waals surface area contributed by atoms with E-state index in [0.717, 1.165) is 0 Å². The van der Waals surface area contributed by atoms with Gasteiger partial charge in [0.15, 0.2) is 0 Å². The number of nitrogens with zero attached hydrogens (tertiary/aromatic N) is 1. The molecule has 2 rings (SSSR count). The summed E-state index contributed by atoms with van der Waals surface area (Å²) < 4.78 is 4.57.